The van der Waals surface area contributed by atoms with Gasteiger partial charge in [-0.1, -0.05) is 0 Å². The van der Waals surface area contributed by atoms with Crippen LogP contribution in [0.2, 0.25) is 0 Å². The Kier molecular flexibility index (Phi) is 2.80. The molecule has 0 aliphatic carbocycles. The SMILES string of the molecule is N[C@H](CO)c1csc(C(=O)O)c1. The molecule has 0 aliphatic heterocycles. The highest BCUT2D eigenvalue weighted by Crippen LogP contribution is 2.19. The van der Waals surface area contributed by atoms with Gasteiger partial charge in [-0.05, 0) is 17.0 Å². The van der Waals surface area contributed by atoms with Gasteiger partial charge in [0.1, 0.15) is 4.88 Å². The van der Waals surface area contributed by atoms with E-state index in [0.29, 0.717) is 5.56 Å². The Hall–Kier alpha value is -0.910. The van der Waals surface area contributed by atoms with Crippen molar-refractivity contribution in [3.63, 3.8) is 0 Å². The molecule has 0 aromatic carbocycles. The van der Waals surface area contributed by atoms with Crippen molar-refractivity contribution in [2.45, 2.75) is 6.04 Å². The van der Waals surface area contributed by atoms with E-state index in [1.165, 1.54) is 6.07 Å². The maximum absolute atomic E-state index is 10.4. The Labute approximate surface area is 73.3 Å². The van der Waals surface area contributed by atoms with Crippen molar-refractivity contribution in [2.75, 3.05) is 6.61 Å². The Bertz CT molecular complexity index is 284. The number of nitrogens with two attached hydrogens (primary N) is 1. The maximum Gasteiger partial charge on any atom is 0.345 e. The summed E-state index contributed by atoms with van der Waals surface area (Å²) in [7, 11) is 0. The zero-order valence-electron chi connectivity index (χ0n) is 6.23. The minimum absolute atomic E-state index is 0.171. The summed E-state index contributed by atoms with van der Waals surface area (Å²) in [5.74, 6) is -0.962. The molecule has 1 atom stereocenters. The number of carboxylic acids is 1. The average molecular weight is 187 g/mol. The van der Waals surface area contributed by atoms with E-state index in [9.17, 15) is 4.79 Å². The first-order valence-electron chi connectivity index (χ1n) is 3.33. The molecule has 12 heavy (non-hydrogen) atoms. The molecule has 0 aliphatic rings. The molecule has 0 amide bonds. The van der Waals surface area contributed by atoms with Crippen LogP contribution in [0.4, 0.5) is 0 Å². The zero-order valence-corrected chi connectivity index (χ0v) is 7.04. The molecule has 4 nitrogen and oxygen atoms in total. The fourth-order valence-electron chi connectivity index (χ4n) is 0.763. The van der Waals surface area contributed by atoms with E-state index in [2.05, 4.69) is 0 Å². The van der Waals surface area contributed by atoms with Gasteiger partial charge in [0.15, 0.2) is 0 Å². The third kappa shape index (κ3) is 1.82. The van der Waals surface area contributed by atoms with Gasteiger partial charge in [0.2, 0.25) is 0 Å². The second kappa shape index (κ2) is 3.66. The molecule has 4 N–H and O–H groups in total. The molecule has 1 aromatic rings. The Morgan fingerprint density at radius 1 is 1.75 bits per heavy atom. The predicted octanol–water partition coefficient (Wildman–Crippen LogP) is 0.438. The summed E-state index contributed by atoms with van der Waals surface area (Å²) in [5, 5.41) is 18.9. The van der Waals surface area contributed by atoms with Crippen molar-refractivity contribution in [3.8, 4) is 0 Å². The smallest absolute Gasteiger partial charge is 0.345 e. The topological polar surface area (TPSA) is 83.5 Å². The fraction of sp³-hybridized carbons (Fsp3) is 0.286. The number of carboxylic acid groups (broad SMARTS) is 1. The standard InChI is InChI=1S/C7H9NO3S/c8-5(2-9)4-1-6(7(10)11)12-3-4/h1,3,5,9H,2,8H2,(H,10,11)/t5-/m1/s1. The molecule has 5 heteroatoms. The van der Waals surface area contributed by atoms with Gasteiger partial charge >= 0.3 is 5.97 Å². The molecule has 1 heterocycles. The van der Waals surface area contributed by atoms with Gasteiger partial charge in [-0.2, -0.15) is 0 Å². The first-order valence-corrected chi connectivity index (χ1v) is 4.21. The summed E-state index contributed by atoms with van der Waals surface area (Å²) >= 11 is 1.11. The van der Waals surface area contributed by atoms with E-state index < -0.39 is 12.0 Å². The van der Waals surface area contributed by atoms with Crippen molar-refractivity contribution in [1.82, 2.24) is 0 Å². The number of aliphatic hydroxyl groups is 1. The summed E-state index contributed by atoms with van der Waals surface area (Å²) in [6.45, 7) is -0.171. The van der Waals surface area contributed by atoms with Crippen LogP contribution in [-0.4, -0.2) is 22.8 Å². The molecule has 66 valence electrons. The highest BCUT2D eigenvalue weighted by Gasteiger charge is 2.10. The molecule has 0 bridgehead atoms. The van der Waals surface area contributed by atoms with E-state index in [-0.39, 0.29) is 11.5 Å². The molecule has 1 aromatic heterocycles. The van der Waals surface area contributed by atoms with Crippen molar-refractivity contribution in [2.24, 2.45) is 5.73 Å². The third-order valence-electron chi connectivity index (χ3n) is 1.46. The molecule has 0 saturated heterocycles. The molecular formula is C7H9NO3S. The molecule has 0 spiro atoms. The van der Waals surface area contributed by atoms with Crippen LogP contribution in [0.3, 0.4) is 0 Å². The number of hydrogen-bond acceptors (Lipinski definition) is 4. The van der Waals surface area contributed by atoms with Crippen LogP contribution in [0, 0.1) is 0 Å². The van der Waals surface area contributed by atoms with Crippen molar-refractivity contribution in [1.29, 1.82) is 0 Å². The molecular weight excluding hydrogens is 178 g/mol. The number of carbonyl (C=O) groups is 1. The molecule has 0 saturated carbocycles. The molecule has 0 radical (unpaired) electrons. The van der Waals surface area contributed by atoms with Crippen molar-refractivity contribution < 1.29 is 15.0 Å². The van der Waals surface area contributed by atoms with Crippen LogP contribution in [0.25, 0.3) is 0 Å². The van der Waals surface area contributed by atoms with Gasteiger partial charge in [0.25, 0.3) is 0 Å². The average Bonchev–Trinajstić information content (AvgIpc) is 2.51. The quantitative estimate of drug-likeness (QED) is 0.641. The third-order valence-corrected chi connectivity index (χ3v) is 2.39. The van der Waals surface area contributed by atoms with Crippen LogP contribution >= 0.6 is 11.3 Å². The lowest BCUT2D eigenvalue weighted by atomic mass is 10.2. The van der Waals surface area contributed by atoms with Crippen LogP contribution in [0.15, 0.2) is 11.4 Å². The summed E-state index contributed by atoms with van der Waals surface area (Å²) in [4.78, 5) is 10.7. The first kappa shape index (κ1) is 9.18. The van der Waals surface area contributed by atoms with E-state index in [1.807, 2.05) is 0 Å². The monoisotopic (exact) mass is 187 g/mol. The van der Waals surface area contributed by atoms with E-state index in [0.717, 1.165) is 11.3 Å². The molecule has 0 fully saturated rings. The van der Waals surface area contributed by atoms with E-state index >= 15 is 0 Å². The van der Waals surface area contributed by atoms with Crippen LogP contribution < -0.4 is 5.73 Å². The van der Waals surface area contributed by atoms with Crippen molar-refractivity contribution in [3.05, 3.63) is 21.9 Å². The summed E-state index contributed by atoms with van der Waals surface area (Å²) in [5.41, 5.74) is 6.14. The van der Waals surface area contributed by atoms with E-state index in [1.54, 1.807) is 5.38 Å². The fourth-order valence-corrected chi connectivity index (χ4v) is 1.57. The highest BCUT2D eigenvalue weighted by atomic mass is 32.1. The number of thiophene rings is 1. The van der Waals surface area contributed by atoms with Gasteiger partial charge in [0, 0.05) is 0 Å². The van der Waals surface area contributed by atoms with Gasteiger partial charge in [-0.25, -0.2) is 4.79 Å². The minimum Gasteiger partial charge on any atom is -0.477 e. The lowest BCUT2D eigenvalue weighted by molar-refractivity contribution is 0.0702. The Morgan fingerprint density at radius 3 is 2.83 bits per heavy atom. The highest BCUT2D eigenvalue weighted by molar-refractivity contribution is 7.12. The van der Waals surface area contributed by atoms with Gasteiger partial charge in [-0.15, -0.1) is 11.3 Å². The number of aromatic carboxylic acids is 1. The lowest BCUT2D eigenvalue weighted by Gasteiger charge is -2.02. The predicted molar refractivity (Wildman–Crippen MR) is 45.3 cm³/mol. The summed E-state index contributed by atoms with van der Waals surface area (Å²) in [6.07, 6.45) is 0. The van der Waals surface area contributed by atoms with Crippen LogP contribution in [-0.2, 0) is 0 Å². The summed E-state index contributed by atoms with van der Waals surface area (Å²) in [6, 6.07) is 1.00. The minimum atomic E-state index is -0.962. The maximum atomic E-state index is 10.4. The van der Waals surface area contributed by atoms with Crippen LogP contribution in [0.5, 0.6) is 0 Å². The van der Waals surface area contributed by atoms with Gasteiger partial charge in [-0.3, -0.25) is 0 Å². The second-order valence-corrected chi connectivity index (χ2v) is 3.25. The number of rotatable bonds is 3. The molecule has 0 unspecified atom stereocenters. The first-order chi connectivity index (χ1) is 5.65. The Morgan fingerprint density at radius 2 is 2.42 bits per heavy atom. The van der Waals surface area contributed by atoms with Crippen LogP contribution in [0.1, 0.15) is 21.3 Å². The summed E-state index contributed by atoms with van der Waals surface area (Å²) < 4.78 is 0. The normalized spacial score (nSPS) is 12.8. The largest absolute Gasteiger partial charge is 0.477 e. The zero-order chi connectivity index (χ0) is 9.14. The number of aliphatic hydroxyl groups excluding tert-OH is 1. The lowest BCUT2D eigenvalue weighted by Crippen LogP contribution is -2.13. The van der Waals surface area contributed by atoms with Gasteiger partial charge < -0.3 is 15.9 Å². The molecule has 1 rings (SSSR count). The number of hydrogen-bond donors (Lipinski definition) is 3. The van der Waals surface area contributed by atoms with E-state index in [4.69, 9.17) is 15.9 Å². The Balaban J connectivity index is 2.84. The second-order valence-electron chi connectivity index (χ2n) is 2.34. The van der Waals surface area contributed by atoms with Gasteiger partial charge in [0.05, 0.1) is 12.6 Å². The van der Waals surface area contributed by atoms with Crippen molar-refractivity contribution >= 4 is 17.3 Å².